The Labute approximate surface area is 158 Å². The lowest BCUT2D eigenvalue weighted by atomic mass is 10.1. The zero-order chi connectivity index (χ0) is 20.0. The Balaban J connectivity index is 1.74. The summed E-state index contributed by atoms with van der Waals surface area (Å²) in [5.41, 5.74) is -0.283. The first kappa shape index (κ1) is 20.7. The number of amides is 3. The van der Waals surface area contributed by atoms with E-state index in [1.807, 2.05) is 0 Å². The summed E-state index contributed by atoms with van der Waals surface area (Å²) in [4.78, 5) is 39.5. The number of nitrogens with one attached hydrogen (secondary N) is 1. The molecule has 0 saturated carbocycles. The zero-order valence-electron chi connectivity index (χ0n) is 16.0. The Morgan fingerprint density at radius 3 is 2.33 bits per heavy atom. The molecule has 1 saturated heterocycles. The van der Waals surface area contributed by atoms with Crippen molar-refractivity contribution in [1.82, 2.24) is 15.1 Å². The van der Waals surface area contributed by atoms with Crippen LogP contribution in [0.15, 0.2) is 24.3 Å². The van der Waals surface area contributed by atoms with Gasteiger partial charge in [0.1, 0.15) is 11.4 Å². The fourth-order valence-corrected chi connectivity index (χ4v) is 2.71. The highest BCUT2D eigenvalue weighted by Crippen LogP contribution is 2.11. The van der Waals surface area contributed by atoms with Crippen LogP contribution in [0.25, 0.3) is 0 Å². The summed E-state index contributed by atoms with van der Waals surface area (Å²) in [5, 5.41) is 2.55. The molecule has 0 aliphatic carbocycles. The first-order valence-corrected chi connectivity index (χ1v) is 8.95. The number of halogens is 1. The summed E-state index contributed by atoms with van der Waals surface area (Å²) in [6.07, 6.45) is -0.391. The van der Waals surface area contributed by atoms with Crippen LogP contribution in [0.2, 0.25) is 0 Å². The van der Waals surface area contributed by atoms with E-state index in [-0.39, 0.29) is 24.8 Å². The van der Waals surface area contributed by atoms with Gasteiger partial charge in [-0.15, -0.1) is 0 Å². The molecule has 1 N–H and O–H groups in total. The summed E-state index contributed by atoms with van der Waals surface area (Å²) in [7, 11) is 0. The Hall–Kier alpha value is -2.64. The molecular weight excluding hydrogens is 353 g/mol. The van der Waals surface area contributed by atoms with Crippen molar-refractivity contribution in [2.45, 2.75) is 32.8 Å². The van der Waals surface area contributed by atoms with Gasteiger partial charge in [-0.05, 0) is 39.0 Å². The van der Waals surface area contributed by atoms with Crippen LogP contribution in [0.5, 0.6) is 0 Å². The minimum atomic E-state index is -0.585. The van der Waals surface area contributed by atoms with Gasteiger partial charge in [0.15, 0.2) is 0 Å². The number of nitrogens with zero attached hydrogens (tertiary/aromatic N) is 2. The van der Waals surface area contributed by atoms with Gasteiger partial charge in [-0.25, -0.2) is 9.18 Å². The molecule has 0 unspecified atom stereocenters. The highest BCUT2D eigenvalue weighted by molar-refractivity contribution is 5.94. The monoisotopic (exact) mass is 379 g/mol. The molecule has 0 atom stereocenters. The van der Waals surface area contributed by atoms with Gasteiger partial charge in [0.2, 0.25) is 5.91 Å². The van der Waals surface area contributed by atoms with E-state index < -0.39 is 17.5 Å². The van der Waals surface area contributed by atoms with Crippen LogP contribution in [0.1, 0.15) is 37.6 Å². The normalized spacial score (nSPS) is 14.7. The van der Waals surface area contributed by atoms with Gasteiger partial charge in [0.05, 0.1) is 0 Å². The van der Waals surface area contributed by atoms with E-state index in [1.165, 1.54) is 18.2 Å². The average Bonchev–Trinajstić information content (AvgIpc) is 2.59. The standard InChI is InChI=1S/C19H26FN3O4/c1-19(2,3)27-18(26)21-8-7-16(24)22-9-11-23(12-10-22)17(25)14-5-4-6-15(20)13-14/h4-6,13H,7-12H2,1-3H3,(H,21,26). The minimum absolute atomic E-state index is 0.0936. The maximum atomic E-state index is 13.3. The van der Waals surface area contributed by atoms with Gasteiger partial charge < -0.3 is 19.9 Å². The molecule has 1 heterocycles. The number of carbonyl (C=O) groups excluding carboxylic acids is 3. The van der Waals surface area contributed by atoms with Crippen molar-refractivity contribution in [3.8, 4) is 0 Å². The molecule has 2 rings (SSSR count). The van der Waals surface area contributed by atoms with Gasteiger partial charge >= 0.3 is 6.09 Å². The van der Waals surface area contributed by atoms with Crippen LogP contribution in [0.4, 0.5) is 9.18 Å². The van der Waals surface area contributed by atoms with E-state index in [9.17, 15) is 18.8 Å². The third kappa shape index (κ3) is 6.54. The van der Waals surface area contributed by atoms with Crippen LogP contribution < -0.4 is 5.32 Å². The average molecular weight is 379 g/mol. The second-order valence-electron chi connectivity index (χ2n) is 7.36. The number of alkyl carbamates (subject to hydrolysis) is 1. The Bertz CT molecular complexity index is 694. The Morgan fingerprint density at radius 1 is 1.11 bits per heavy atom. The topological polar surface area (TPSA) is 79.0 Å². The van der Waals surface area contributed by atoms with E-state index >= 15 is 0 Å². The SMILES string of the molecule is CC(C)(C)OC(=O)NCCC(=O)N1CCN(C(=O)c2cccc(F)c2)CC1. The lowest BCUT2D eigenvalue weighted by molar-refractivity contribution is -0.132. The number of hydrogen-bond donors (Lipinski definition) is 1. The zero-order valence-corrected chi connectivity index (χ0v) is 16.0. The maximum Gasteiger partial charge on any atom is 0.407 e. The fraction of sp³-hybridized carbons (Fsp3) is 0.526. The molecule has 1 aliphatic heterocycles. The third-order valence-electron chi connectivity index (χ3n) is 4.00. The van der Waals surface area contributed by atoms with Crippen molar-refractivity contribution >= 4 is 17.9 Å². The number of ether oxygens (including phenoxy) is 1. The van der Waals surface area contributed by atoms with Crippen molar-refractivity contribution in [3.63, 3.8) is 0 Å². The van der Waals surface area contributed by atoms with Crippen molar-refractivity contribution < 1.29 is 23.5 Å². The van der Waals surface area contributed by atoms with Gasteiger partial charge in [-0.3, -0.25) is 9.59 Å². The number of rotatable bonds is 4. The second kappa shape index (κ2) is 8.83. The van der Waals surface area contributed by atoms with Gasteiger partial charge in [0, 0.05) is 44.7 Å². The van der Waals surface area contributed by atoms with Crippen LogP contribution >= 0.6 is 0 Å². The molecule has 7 nitrogen and oxygen atoms in total. The van der Waals surface area contributed by atoms with E-state index in [1.54, 1.807) is 36.6 Å². The van der Waals surface area contributed by atoms with Crippen LogP contribution in [-0.2, 0) is 9.53 Å². The fourth-order valence-electron chi connectivity index (χ4n) is 2.71. The van der Waals surface area contributed by atoms with E-state index in [2.05, 4.69) is 5.32 Å². The lowest BCUT2D eigenvalue weighted by Gasteiger charge is -2.35. The minimum Gasteiger partial charge on any atom is -0.444 e. The van der Waals surface area contributed by atoms with Crippen LogP contribution in [0, 0.1) is 5.82 Å². The molecule has 148 valence electrons. The van der Waals surface area contributed by atoms with Crippen molar-refractivity contribution in [2.75, 3.05) is 32.7 Å². The van der Waals surface area contributed by atoms with E-state index in [0.717, 1.165) is 0 Å². The molecule has 0 aromatic heterocycles. The molecule has 0 radical (unpaired) electrons. The van der Waals surface area contributed by atoms with Gasteiger partial charge in [-0.2, -0.15) is 0 Å². The lowest BCUT2D eigenvalue weighted by Crippen LogP contribution is -2.51. The maximum absolute atomic E-state index is 13.3. The molecule has 1 fully saturated rings. The predicted molar refractivity (Wildman–Crippen MR) is 97.7 cm³/mol. The summed E-state index contributed by atoms with van der Waals surface area (Å²) in [6.45, 7) is 7.09. The predicted octanol–water partition coefficient (Wildman–Crippen LogP) is 2.02. The molecule has 1 aromatic carbocycles. The molecule has 1 aliphatic rings. The summed E-state index contributed by atoms with van der Waals surface area (Å²) >= 11 is 0. The van der Waals surface area contributed by atoms with Crippen molar-refractivity contribution in [2.24, 2.45) is 0 Å². The van der Waals surface area contributed by atoms with Crippen LogP contribution in [0.3, 0.4) is 0 Å². The van der Waals surface area contributed by atoms with Gasteiger partial charge in [-0.1, -0.05) is 6.07 Å². The Morgan fingerprint density at radius 2 is 1.74 bits per heavy atom. The van der Waals surface area contributed by atoms with Gasteiger partial charge in [0.25, 0.3) is 5.91 Å². The van der Waals surface area contributed by atoms with Crippen molar-refractivity contribution in [1.29, 1.82) is 0 Å². The largest absolute Gasteiger partial charge is 0.444 e. The molecule has 27 heavy (non-hydrogen) atoms. The first-order valence-electron chi connectivity index (χ1n) is 8.95. The molecule has 1 aromatic rings. The summed E-state index contributed by atoms with van der Waals surface area (Å²) < 4.78 is 18.4. The summed E-state index contributed by atoms with van der Waals surface area (Å²) in [5.74, 6) is -0.788. The molecule has 0 bridgehead atoms. The quantitative estimate of drug-likeness (QED) is 0.868. The van der Waals surface area contributed by atoms with Crippen molar-refractivity contribution in [3.05, 3.63) is 35.6 Å². The van der Waals surface area contributed by atoms with E-state index in [4.69, 9.17) is 4.74 Å². The smallest absolute Gasteiger partial charge is 0.407 e. The number of carbonyl (C=O) groups is 3. The Kier molecular flexibility index (Phi) is 6.76. The number of piperazine rings is 1. The second-order valence-corrected chi connectivity index (χ2v) is 7.36. The highest BCUT2D eigenvalue weighted by Gasteiger charge is 2.25. The molecular formula is C19H26FN3O4. The summed E-state index contributed by atoms with van der Waals surface area (Å²) in [6, 6.07) is 5.58. The highest BCUT2D eigenvalue weighted by atomic mass is 19.1. The number of benzene rings is 1. The van der Waals surface area contributed by atoms with Crippen LogP contribution in [-0.4, -0.2) is 66.0 Å². The first-order chi connectivity index (χ1) is 12.7. The number of hydrogen-bond acceptors (Lipinski definition) is 4. The molecule has 3 amide bonds. The molecule has 0 spiro atoms. The molecule has 8 heteroatoms. The van der Waals surface area contributed by atoms with E-state index in [0.29, 0.717) is 31.7 Å². The third-order valence-corrected chi connectivity index (χ3v) is 4.00.